The average molecular weight is 311 g/mol. The summed E-state index contributed by atoms with van der Waals surface area (Å²) in [5.74, 6) is 0.795. The van der Waals surface area contributed by atoms with E-state index in [1.165, 1.54) is 0 Å². The summed E-state index contributed by atoms with van der Waals surface area (Å²) in [6.07, 6.45) is 0.998. The van der Waals surface area contributed by atoms with Crippen LogP contribution in [0.1, 0.15) is 31.4 Å². The standard InChI is InChI=1S/C14H19BrN2O/c1-4-13(8-16)18-14-9(2)5-12(15)7-11(14)6-10(3)17/h5,7,10,13H,4,6,17H2,1-3H3. The molecule has 0 bridgehead atoms. The molecular weight excluding hydrogens is 292 g/mol. The highest BCUT2D eigenvalue weighted by molar-refractivity contribution is 9.10. The number of hydrogen-bond acceptors (Lipinski definition) is 3. The molecule has 3 nitrogen and oxygen atoms in total. The molecule has 4 heteroatoms. The minimum atomic E-state index is -0.406. The molecular formula is C14H19BrN2O. The van der Waals surface area contributed by atoms with Crippen LogP contribution >= 0.6 is 15.9 Å². The molecule has 2 atom stereocenters. The van der Waals surface area contributed by atoms with Crippen LogP contribution in [0.4, 0.5) is 0 Å². The van der Waals surface area contributed by atoms with E-state index in [-0.39, 0.29) is 6.04 Å². The second-order valence-electron chi connectivity index (χ2n) is 4.54. The average Bonchev–Trinajstić information content (AvgIpc) is 2.27. The second-order valence-corrected chi connectivity index (χ2v) is 5.45. The van der Waals surface area contributed by atoms with Crippen molar-refractivity contribution in [1.29, 1.82) is 5.26 Å². The summed E-state index contributed by atoms with van der Waals surface area (Å²) in [6.45, 7) is 5.88. The van der Waals surface area contributed by atoms with E-state index in [1.807, 2.05) is 32.9 Å². The first kappa shape index (κ1) is 15.0. The van der Waals surface area contributed by atoms with E-state index >= 15 is 0 Å². The highest BCUT2D eigenvalue weighted by Crippen LogP contribution is 2.30. The molecule has 0 amide bonds. The van der Waals surface area contributed by atoms with Crippen molar-refractivity contribution in [2.75, 3.05) is 0 Å². The third-order valence-electron chi connectivity index (χ3n) is 2.63. The topological polar surface area (TPSA) is 59.0 Å². The van der Waals surface area contributed by atoms with Crippen LogP contribution < -0.4 is 10.5 Å². The number of halogens is 1. The van der Waals surface area contributed by atoms with Crippen LogP contribution in [0, 0.1) is 18.3 Å². The summed E-state index contributed by atoms with van der Waals surface area (Å²) >= 11 is 3.48. The highest BCUT2D eigenvalue weighted by atomic mass is 79.9. The monoisotopic (exact) mass is 310 g/mol. The van der Waals surface area contributed by atoms with E-state index in [1.54, 1.807) is 0 Å². The van der Waals surface area contributed by atoms with Gasteiger partial charge in [-0.3, -0.25) is 0 Å². The molecule has 1 rings (SSSR count). The summed E-state index contributed by atoms with van der Waals surface area (Å²) in [4.78, 5) is 0. The molecule has 0 aliphatic heterocycles. The number of nitrogens with two attached hydrogens (primary N) is 1. The molecule has 0 radical (unpaired) electrons. The van der Waals surface area contributed by atoms with Crippen LogP contribution in [0.2, 0.25) is 0 Å². The van der Waals surface area contributed by atoms with Gasteiger partial charge >= 0.3 is 0 Å². The lowest BCUT2D eigenvalue weighted by Gasteiger charge is -2.18. The molecule has 1 aromatic rings. The Morgan fingerprint density at radius 2 is 2.17 bits per heavy atom. The van der Waals surface area contributed by atoms with Gasteiger partial charge in [-0.25, -0.2) is 0 Å². The number of aryl methyl sites for hydroxylation is 1. The Hall–Kier alpha value is -1.05. The number of benzene rings is 1. The summed E-state index contributed by atoms with van der Waals surface area (Å²) in [5.41, 5.74) is 7.92. The minimum absolute atomic E-state index is 0.0585. The van der Waals surface area contributed by atoms with Crippen molar-refractivity contribution >= 4 is 15.9 Å². The van der Waals surface area contributed by atoms with Crippen molar-refractivity contribution in [2.24, 2.45) is 5.73 Å². The van der Waals surface area contributed by atoms with E-state index in [4.69, 9.17) is 15.7 Å². The molecule has 1 aromatic carbocycles. The van der Waals surface area contributed by atoms with Crippen LogP contribution in [0.15, 0.2) is 16.6 Å². The smallest absolute Gasteiger partial charge is 0.184 e. The van der Waals surface area contributed by atoms with Crippen molar-refractivity contribution in [2.45, 2.75) is 45.8 Å². The predicted molar refractivity (Wildman–Crippen MR) is 76.6 cm³/mol. The zero-order valence-corrected chi connectivity index (χ0v) is 12.6. The third kappa shape index (κ3) is 4.01. The van der Waals surface area contributed by atoms with E-state index < -0.39 is 6.10 Å². The van der Waals surface area contributed by atoms with Crippen molar-refractivity contribution in [3.63, 3.8) is 0 Å². The maximum atomic E-state index is 9.00. The summed E-state index contributed by atoms with van der Waals surface area (Å²) in [5, 5.41) is 9.00. The maximum absolute atomic E-state index is 9.00. The largest absolute Gasteiger partial charge is 0.475 e. The summed E-state index contributed by atoms with van der Waals surface area (Å²) in [6, 6.07) is 6.22. The fourth-order valence-corrected chi connectivity index (χ4v) is 2.43. The van der Waals surface area contributed by atoms with Gasteiger partial charge in [0.1, 0.15) is 11.8 Å². The molecule has 2 unspecified atom stereocenters. The summed E-state index contributed by atoms with van der Waals surface area (Å²) < 4.78 is 6.80. The van der Waals surface area contributed by atoms with Crippen LogP contribution in [0.25, 0.3) is 0 Å². The predicted octanol–water partition coefficient (Wildman–Crippen LogP) is 3.33. The molecule has 0 aromatic heterocycles. The first-order chi connectivity index (χ1) is 8.47. The molecule has 18 heavy (non-hydrogen) atoms. The quantitative estimate of drug-likeness (QED) is 0.907. The Morgan fingerprint density at radius 1 is 1.50 bits per heavy atom. The molecule has 2 N–H and O–H groups in total. The van der Waals surface area contributed by atoms with Gasteiger partial charge in [-0.05, 0) is 49.9 Å². The Labute approximate surface area is 117 Å². The van der Waals surface area contributed by atoms with Crippen molar-refractivity contribution < 1.29 is 4.74 Å². The van der Waals surface area contributed by atoms with Crippen molar-refractivity contribution in [3.05, 3.63) is 27.7 Å². The maximum Gasteiger partial charge on any atom is 0.184 e. The van der Waals surface area contributed by atoms with Crippen LogP contribution in [-0.4, -0.2) is 12.1 Å². The molecule has 0 saturated carbocycles. The second kappa shape index (κ2) is 6.77. The van der Waals surface area contributed by atoms with Gasteiger partial charge < -0.3 is 10.5 Å². The zero-order valence-electron chi connectivity index (χ0n) is 11.0. The molecule has 0 fully saturated rings. The van der Waals surface area contributed by atoms with Gasteiger partial charge in [0.15, 0.2) is 6.10 Å². The summed E-state index contributed by atoms with van der Waals surface area (Å²) in [7, 11) is 0. The van der Waals surface area contributed by atoms with Crippen molar-refractivity contribution in [3.8, 4) is 11.8 Å². The SMILES string of the molecule is CCC(C#N)Oc1c(C)cc(Br)cc1CC(C)N. The minimum Gasteiger partial charge on any atom is -0.475 e. The number of rotatable bonds is 5. The van der Waals surface area contributed by atoms with Crippen molar-refractivity contribution in [1.82, 2.24) is 0 Å². The Kier molecular flexibility index (Phi) is 5.64. The van der Waals surface area contributed by atoms with E-state index in [0.717, 1.165) is 27.8 Å². The van der Waals surface area contributed by atoms with E-state index in [2.05, 4.69) is 22.0 Å². The molecule has 0 spiro atoms. The third-order valence-corrected chi connectivity index (χ3v) is 3.09. The van der Waals surface area contributed by atoms with E-state index in [0.29, 0.717) is 6.42 Å². The molecule has 0 aliphatic carbocycles. The van der Waals surface area contributed by atoms with Crippen LogP contribution in [0.5, 0.6) is 5.75 Å². The normalized spacial score (nSPS) is 13.8. The molecule has 0 aliphatic rings. The first-order valence-corrected chi connectivity index (χ1v) is 6.88. The van der Waals surface area contributed by atoms with Gasteiger partial charge in [0, 0.05) is 10.5 Å². The molecule has 98 valence electrons. The lowest BCUT2D eigenvalue weighted by atomic mass is 10.0. The van der Waals surface area contributed by atoms with Gasteiger partial charge in [0.2, 0.25) is 0 Å². The lowest BCUT2D eigenvalue weighted by molar-refractivity contribution is 0.247. The lowest BCUT2D eigenvalue weighted by Crippen LogP contribution is -2.20. The van der Waals surface area contributed by atoms with Crippen LogP contribution in [-0.2, 0) is 6.42 Å². The van der Waals surface area contributed by atoms with Gasteiger partial charge in [0.25, 0.3) is 0 Å². The number of ether oxygens (including phenoxy) is 1. The highest BCUT2D eigenvalue weighted by Gasteiger charge is 2.14. The van der Waals surface area contributed by atoms with Gasteiger partial charge in [-0.1, -0.05) is 22.9 Å². The Balaban J connectivity index is 3.11. The number of hydrogen-bond donors (Lipinski definition) is 1. The Bertz CT molecular complexity index is 452. The van der Waals surface area contributed by atoms with Gasteiger partial charge in [-0.2, -0.15) is 5.26 Å². The number of nitriles is 1. The molecule has 0 saturated heterocycles. The fraction of sp³-hybridized carbons (Fsp3) is 0.500. The molecule has 0 heterocycles. The Morgan fingerprint density at radius 3 is 2.67 bits per heavy atom. The zero-order chi connectivity index (χ0) is 13.7. The van der Waals surface area contributed by atoms with Crippen LogP contribution in [0.3, 0.4) is 0 Å². The van der Waals surface area contributed by atoms with E-state index in [9.17, 15) is 0 Å². The fourth-order valence-electron chi connectivity index (χ4n) is 1.81. The van der Waals surface area contributed by atoms with Gasteiger partial charge in [0.05, 0.1) is 0 Å². The van der Waals surface area contributed by atoms with Gasteiger partial charge in [-0.15, -0.1) is 0 Å². The number of nitrogens with zero attached hydrogens (tertiary/aromatic N) is 1. The first-order valence-electron chi connectivity index (χ1n) is 6.08.